The van der Waals surface area contributed by atoms with Crippen LogP contribution in [0, 0.1) is 6.92 Å². The lowest BCUT2D eigenvalue weighted by atomic mass is 10.2. The van der Waals surface area contributed by atoms with E-state index in [0.717, 1.165) is 23.0 Å². The SMILES string of the molecule is Cc1nnnn1-c1cccc(NCc2nc(C(C)C)no2)c1. The molecule has 0 amide bonds. The topological polar surface area (TPSA) is 94.6 Å². The van der Waals surface area contributed by atoms with Gasteiger partial charge in [0.05, 0.1) is 12.2 Å². The van der Waals surface area contributed by atoms with Gasteiger partial charge in [0, 0.05) is 11.6 Å². The van der Waals surface area contributed by atoms with Gasteiger partial charge >= 0.3 is 0 Å². The molecule has 0 unspecified atom stereocenters. The second-order valence-electron chi connectivity index (χ2n) is 5.24. The number of tetrazole rings is 1. The first kappa shape index (κ1) is 14.2. The molecule has 0 saturated carbocycles. The van der Waals surface area contributed by atoms with E-state index in [1.54, 1.807) is 4.68 Å². The number of benzene rings is 1. The van der Waals surface area contributed by atoms with E-state index in [9.17, 15) is 0 Å². The van der Waals surface area contributed by atoms with Gasteiger partial charge in [-0.1, -0.05) is 25.1 Å². The molecule has 0 bridgehead atoms. The molecule has 8 nitrogen and oxygen atoms in total. The van der Waals surface area contributed by atoms with Crippen molar-refractivity contribution in [3.63, 3.8) is 0 Å². The third-order valence-electron chi connectivity index (χ3n) is 3.16. The van der Waals surface area contributed by atoms with Crippen LogP contribution in [0.15, 0.2) is 28.8 Å². The zero-order chi connectivity index (χ0) is 15.5. The molecule has 2 heterocycles. The summed E-state index contributed by atoms with van der Waals surface area (Å²) in [7, 11) is 0. The molecule has 0 spiro atoms. The zero-order valence-electron chi connectivity index (χ0n) is 12.7. The molecule has 0 saturated heterocycles. The number of nitrogens with one attached hydrogen (secondary N) is 1. The fourth-order valence-electron chi connectivity index (χ4n) is 1.97. The highest BCUT2D eigenvalue weighted by Crippen LogP contribution is 2.16. The van der Waals surface area contributed by atoms with Crippen LogP contribution in [0.1, 0.15) is 37.3 Å². The summed E-state index contributed by atoms with van der Waals surface area (Å²) in [6, 6.07) is 7.80. The molecule has 22 heavy (non-hydrogen) atoms. The molecule has 114 valence electrons. The minimum absolute atomic E-state index is 0.253. The van der Waals surface area contributed by atoms with Crippen molar-refractivity contribution in [2.24, 2.45) is 0 Å². The summed E-state index contributed by atoms with van der Waals surface area (Å²) in [5.41, 5.74) is 1.82. The monoisotopic (exact) mass is 299 g/mol. The van der Waals surface area contributed by atoms with Crippen LogP contribution in [0.4, 0.5) is 5.69 Å². The molecule has 8 heteroatoms. The molecule has 3 rings (SSSR count). The Labute approximate surface area is 127 Å². The fraction of sp³-hybridized carbons (Fsp3) is 0.357. The molecule has 0 aliphatic carbocycles. The van der Waals surface area contributed by atoms with Gasteiger partial charge in [-0.25, -0.2) is 0 Å². The molecule has 1 N–H and O–H groups in total. The lowest BCUT2D eigenvalue weighted by Gasteiger charge is -2.06. The Morgan fingerprint density at radius 2 is 2.18 bits per heavy atom. The maximum absolute atomic E-state index is 5.21. The Hall–Kier alpha value is -2.77. The standard InChI is InChI=1S/C14H17N7O/c1-9(2)14-16-13(22-18-14)8-15-11-5-4-6-12(7-11)21-10(3)17-19-20-21/h4-7,9,15H,8H2,1-3H3. The van der Waals surface area contributed by atoms with Crippen molar-refractivity contribution in [3.8, 4) is 5.69 Å². The van der Waals surface area contributed by atoms with E-state index >= 15 is 0 Å². The van der Waals surface area contributed by atoms with E-state index < -0.39 is 0 Å². The van der Waals surface area contributed by atoms with Crippen LogP contribution in [0.5, 0.6) is 0 Å². The Morgan fingerprint density at radius 3 is 2.86 bits per heavy atom. The predicted octanol–water partition coefficient (Wildman–Crippen LogP) is 2.09. The van der Waals surface area contributed by atoms with Crippen molar-refractivity contribution in [1.82, 2.24) is 30.3 Å². The number of nitrogens with zero attached hydrogens (tertiary/aromatic N) is 6. The minimum Gasteiger partial charge on any atom is -0.376 e. The Balaban J connectivity index is 1.71. The lowest BCUT2D eigenvalue weighted by Crippen LogP contribution is -2.03. The average Bonchev–Trinajstić information content (AvgIpc) is 3.14. The van der Waals surface area contributed by atoms with Gasteiger partial charge in [0.1, 0.15) is 0 Å². The maximum Gasteiger partial charge on any atom is 0.245 e. The highest BCUT2D eigenvalue weighted by atomic mass is 16.5. The van der Waals surface area contributed by atoms with Crippen molar-refractivity contribution in [1.29, 1.82) is 0 Å². The van der Waals surface area contributed by atoms with Crippen molar-refractivity contribution < 1.29 is 4.52 Å². The summed E-state index contributed by atoms with van der Waals surface area (Å²) < 4.78 is 6.88. The van der Waals surface area contributed by atoms with Crippen LogP contribution in [0.3, 0.4) is 0 Å². The molecule has 0 fully saturated rings. The molecule has 0 atom stereocenters. The first-order valence-electron chi connectivity index (χ1n) is 7.05. The molecule has 1 aromatic carbocycles. The Morgan fingerprint density at radius 1 is 1.32 bits per heavy atom. The third kappa shape index (κ3) is 2.95. The van der Waals surface area contributed by atoms with Crippen molar-refractivity contribution in [2.75, 3.05) is 5.32 Å². The minimum atomic E-state index is 0.253. The number of rotatable bonds is 5. The first-order chi connectivity index (χ1) is 10.6. The fourth-order valence-corrected chi connectivity index (χ4v) is 1.97. The van der Waals surface area contributed by atoms with E-state index in [1.807, 2.05) is 45.0 Å². The van der Waals surface area contributed by atoms with Gasteiger partial charge in [-0.05, 0) is 35.5 Å². The number of anilines is 1. The highest BCUT2D eigenvalue weighted by molar-refractivity contribution is 5.50. The second kappa shape index (κ2) is 5.92. The van der Waals surface area contributed by atoms with Crippen LogP contribution in [0.2, 0.25) is 0 Å². The normalized spacial score (nSPS) is 11.1. The lowest BCUT2D eigenvalue weighted by molar-refractivity contribution is 0.376. The van der Waals surface area contributed by atoms with Crippen LogP contribution in [0.25, 0.3) is 5.69 Å². The van der Waals surface area contributed by atoms with Gasteiger partial charge in [-0.3, -0.25) is 0 Å². The molecule has 0 radical (unpaired) electrons. The third-order valence-corrected chi connectivity index (χ3v) is 3.16. The molecule has 2 aromatic heterocycles. The van der Waals surface area contributed by atoms with E-state index in [4.69, 9.17) is 4.52 Å². The summed E-state index contributed by atoms with van der Waals surface area (Å²) in [4.78, 5) is 4.33. The average molecular weight is 299 g/mol. The molecule has 0 aliphatic heterocycles. The number of hydrogen-bond donors (Lipinski definition) is 1. The molecule has 3 aromatic rings. The zero-order valence-corrected chi connectivity index (χ0v) is 12.7. The molecular weight excluding hydrogens is 282 g/mol. The maximum atomic E-state index is 5.21. The van der Waals surface area contributed by atoms with Crippen LogP contribution < -0.4 is 5.32 Å². The predicted molar refractivity (Wildman–Crippen MR) is 79.6 cm³/mol. The van der Waals surface area contributed by atoms with Crippen LogP contribution in [-0.4, -0.2) is 30.3 Å². The summed E-state index contributed by atoms with van der Waals surface area (Å²) in [6.45, 7) is 6.38. The van der Waals surface area contributed by atoms with Crippen molar-refractivity contribution in [2.45, 2.75) is 33.2 Å². The second-order valence-corrected chi connectivity index (χ2v) is 5.24. The largest absolute Gasteiger partial charge is 0.376 e. The van der Waals surface area contributed by atoms with E-state index in [1.165, 1.54) is 0 Å². The van der Waals surface area contributed by atoms with Gasteiger partial charge in [-0.15, -0.1) is 5.10 Å². The first-order valence-corrected chi connectivity index (χ1v) is 7.05. The van der Waals surface area contributed by atoms with Crippen molar-refractivity contribution >= 4 is 5.69 Å². The van der Waals surface area contributed by atoms with Crippen molar-refractivity contribution in [3.05, 3.63) is 41.8 Å². The summed E-state index contributed by atoms with van der Waals surface area (Å²) in [6.07, 6.45) is 0. The molecular formula is C14H17N7O. The smallest absolute Gasteiger partial charge is 0.245 e. The number of aryl methyl sites for hydroxylation is 1. The molecule has 0 aliphatic rings. The summed E-state index contributed by atoms with van der Waals surface area (Å²) in [5, 5.41) is 18.7. The van der Waals surface area contributed by atoms with E-state index in [0.29, 0.717) is 12.4 Å². The highest BCUT2D eigenvalue weighted by Gasteiger charge is 2.09. The van der Waals surface area contributed by atoms with Gasteiger partial charge < -0.3 is 9.84 Å². The van der Waals surface area contributed by atoms with Gasteiger partial charge in [0.15, 0.2) is 11.6 Å². The quantitative estimate of drug-likeness (QED) is 0.770. The van der Waals surface area contributed by atoms with E-state index in [2.05, 4.69) is 31.0 Å². The van der Waals surface area contributed by atoms with Crippen LogP contribution in [-0.2, 0) is 6.54 Å². The Kier molecular flexibility index (Phi) is 3.82. The van der Waals surface area contributed by atoms with Crippen LogP contribution >= 0.6 is 0 Å². The van der Waals surface area contributed by atoms with Gasteiger partial charge in [0.25, 0.3) is 0 Å². The number of aromatic nitrogens is 6. The number of hydrogen-bond acceptors (Lipinski definition) is 7. The Bertz CT molecular complexity index is 762. The van der Waals surface area contributed by atoms with E-state index in [-0.39, 0.29) is 5.92 Å². The van der Waals surface area contributed by atoms with Gasteiger partial charge in [-0.2, -0.15) is 9.67 Å². The summed E-state index contributed by atoms with van der Waals surface area (Å²) >= 11 is 0. The summed E-state index contributed by atoms with van der Waals surface area (Å²) in [5.74, 6) is 2.27. The van der Waals surface area contributed by atoms with Gasteiger partial charge in [0.2, 0.25) is 5.89 Å².